The van der Waals surface area contributed by atoms with Gasteiger partial charge in [-0.3, -0.25) is 0 Å². The van der Waals surface area contributed by atoms with Crippen LogP contribution in [0.4, 0.5) is 0 Å². The molecule has 0 aromatic rings. The third-order valence-corrected chi connectivity index (χ3v) is 0. The Morgan fingerprint density at radius 3 is 1.67 bits per heavy atom. The Labute approximate surface area is 52.9 Å². The Morgan fingerprint density at radius 2 is 1.67 bits per heavy atom. The summed E-state index contributed by atoms with van der Waals surface area (Å²) in [6.07, 6.45) is 0. The van der Waals surface area contributed by atoms with E-state index in [-0.39, 0.29) is 32.0 Å². The molecule has 34 valence electrons. The van der Waals surface area contributed by atoms with Crippen molar-refractivity contribution in [1.29, 1.82) is 0 Å². The van der Waals surface area contributed by atoms with Crippen molar-refractivity contribution in [2.24, 2.45) is 0 Å². The number of hydrogen-bond acceptors (Lipinski definition) is 2. The second-order valence-corrected chi connectivity index (χ2v) is 0.238. The van der Waals surface area contributed by atoms with Crippen LogP contribution in [0, 0.1) is 10.1 Å². The quantitative estimate of drug-likeness (QED) is 0.360. The van der Waals surface area contributed by atoms with Gasteiger partial charge in [-0.2, -0.15) is 0 Å². The van der Waals surface area contributed by atoms with Gasteiger partial charge in [0.25, 0.3) is 5.09 Å². The van der Waals surface area contributed by atoms with Gasteiger partial charge < -0.3 is 5.21 Å². The molecule has 1 N–H and O–H groups in total. The summed E-state index contributed by atoms with van der Waals surface area (Å²) < 4.78 is 0. The van der Waals surface area contributed by atoms with E-state index < -0.39 is 5.09 Å². The molecule has 6 heavy (non-hydrogen) atoms. The van der Waals surface area contributed by atoms with Crippen LogP contribution in [0.1, 0.15) is 0 Å². The SMILES string of the molecule is O=[N+]([O-])O.[Si].[W]. The van der Waals surface area contributed by atoms with Crippen molar-refractivity contribution in [1.82, 2.24) is 0 Å². The largest absolute Gasteiger partial charge is 0.328 e. The first-order valence-corrected chi connectivity index (χ1v) is 0.565. The monoisotopic (exact) mass is 275 g/mol. The average Bonchev–Trinajstić information content (AvgIpc) is 0.811. The van der Waals surface area contributed by atoms with Crippen LogP contribution in [0.2, 0.25) is 0 Å². The van der Waals surface area contributed by atoms with Crippen molar-refractivity contribution in [2.75, 3.05) is 0 Å². The average molecular weight is 275 g/mol. The molecule has 0 spiro atoms. The van der Waals surface area contributed by atoms with Gasteiger partial charge >= 0.3 is 0 Å². The summed E-state index contributed by atoms with van der Waals surface area (Å²) in [6.45, 7) is 0. The second-order valence-electron chi connectivity index (χ2n) is 0.238. The molecule has 6 heteroatoms. The maximum atomic E-state index is 8.36. The van der Waals surface area contributed by atoms with Crippen molar-refractivity contribution in [3.05, 3.63) is 10.1 Å². The summed E-state index contributed by atoms with van der Waals surface area (Å²) in [5, 5.41) is 13.6. The van der Waals surface area contributed by atoms with E-state index in [1.807, 2.05) is 0 Å². The van der Waals surface area contributed by atoms with Crippen LogP contribution >= 0.6 is 0 Å². The van der Waals surface area contributed by atoms with Crippen LogP contribution in [0.25, 0.3) is 0 Å². The minimum atomic E-state index is -1.50. The van der Waals surface area contributed by atoms with E-state index in [0.717, 1.165) is 0 Å². The summed E-state index contributed by atoms with van der Waals surface area (Å²) in [7, 11) is 0. The molecule has 0 aromatic heterocycles. The normalized spacial score (nSPS) is 4.00. The Kier molecular flexibility index (Phi) is 24.5. The van der Waals surface area contributed by atoms with E-state index in [2.05, 4.69) is 0 Å². The van der Waals surface area contributed by atoms with Crippen LogP contribution in [-0.4, -0.2) is 21.3 Å². The van der Waals surface area contributed by atoms with Crippen LogP contribution in [0.5, 0.6) is 0 Å². The third kappa shape index (κ3) is 3580. The zero-order chi connectivity index (χ0) is 3.58. The molecule has 0 atom stereocenters. The van der Waals surface area contributed by atoms with Crippen LogP contribution < -0.4 is 0 Å². The first-order chi connectivity index (χ1) is 1.73. The molecule has 0 heterocycles. The third-order valence-electron chi connectivity index (χ3n) is 0. The minimum Gasteiger partial charge on any atom is -0.328 e. The van der Waals surface area contributed by atoms with Gasteiger partial charge in [-0.1, -0.05) is 0 Å². The van der Waals surface area contributed by atoms with Crippen molar-refractivity contribution < 1.29 is 31.4 Å². The number of nitrogens with zero attached hydrogens (tertiary/aromatic N) is 1. The molecule has 0 unspecified atom stereocenters. The Morgan fingerprint density at radius 1 is 1.67 bits per heavy atom. The molecule has 0 saturated heterocycles. The molecule has 0 aliphatic rings. The molecule has 4 radical (unpaired) electrons. The maximum Gasteiger partial charge on any atom is 0.291 e. The summed E-state index contributed by atoms with van der Waals surface area (Å²) in [5.41, 5.74) is 0. The van der Waals surface area contributed by atoms with E-state index in [1.54, 1.807) is 0 Å². The second kappa shape index (κ2) is 8.92. The fraction of sp³-hybridized carbons (Fsp3) is 0. The zero-order valence-electron chi connectivity index (χ0n) is 2.62. The number of rotatable bonds is 0. The van der Waals surface area contributed by atoms with Crippen molar-refractivity contribution in [3.8, 4) is 0 Å². The predicted octanol–water partition coefficient (Wildman–Crippen LogP) is -0.731. The Balaban J connectivity index is -0.0000000450. The maximum absolute atomic E-state index is 8.36. The van der Waals surface area contributed by atoms with Gasteiger partial charge in [0.15, 0.2) is 0 Å². The summed E-state index contributed by atoms with van der Waals surface area (Å²) in [4.78, 5) is 8.36. The topological polar surface area (TPSA) is 63.4 Å². The van der Waals surface area contributed by atoms with Crippen LogP contribution in [0.3, 0.4) is 0 Å². The van der Waals surface area contributed by atoms with Crippen molar-refractivity contribution in [3.63, 3.8) is 0 Å². The van der Waals surface area contributed by atoms with Gasteiger partial charge in [0.1, 0.15) is 0 Å². The molecule has 0 bridgehead atoms. The zero-order valence-corrected chi connectivity index (χ0v) is 6.55. The Bertz CT molecular complexity index is 33.8. The summed E-state index contributed by atoms with van der Waals surface area (Å²) in [5.74, 6) is 0. The van der Waals surface area contributed by atoms with Gasteiger partial charge in [-0.25, -0.2) is 0 Å². The first kappa shape index (κ1) is 16.5. The molecule has 4 nitrogen and oxygen atoms in total. The van der Waals surface area contributed by atoms with Gasteiger partial charge in [0.2, 0.25) is 0 Å². The molecule has 0 aromatic carbocycles. The van der Waals surface area contributed by atoms with Crippen LogP contribution in [0.15, 0.2) is 0 Å². The molecule has 0 rings (SSSR count). The van der Waals surface area contributed by atoms with E-state index in [4.69, 9.17) is 15.3 Å². The van der Waals surface area contributed by atoms with Gasteiger partial charge in [-0.15, -0.1) is 10.1 Å². The molecule has 0 aliphatic carbocycles. The predicted molar refractivity (Wildman–Crippen MR) is 14.5 cm³/mol. The Hall–Kier alpha value is 0.105. The minimum absolute atomic E-state index is 0. The molecule has 0 fully saturated rings. The fourth-order valence-corrected chi connectivity index (χ4v) is 0. The molecular weight excluding hydrogens is 274 g/mol. The fourth-order valence-electron chi connectivity index (χ4n) is 0. The van der Waals surface area contributed by atoms with E-state index in [9.17, 15) is 0 Å². The smallest absolute Gasteiger partial charge is 0.291 e. The molecular formula is HNO3SiW. The molecule has 0 amide bonds. The van der Waals surface area contributed by atoms with Crippen molar-refractivity contribution >= 4 is 11.0 Å². The van der Waals surface area contributed by atoms with Crippen molar-refractivity contribution in [2.45, 2.75) is 0 Å². The van der Waals surface area contributed by atoms with E-state index in [0.29, 0.717) is 0 Å². The summed E-state index contributed by atoms with van der Waals surface area (Å²) in [6, 6.07) is 0. The molecule has 0 aliphatic heterocycles. The summed E-state index contributed by atoms with van der Waals surface area (Å²) >= 11 is 0. The van der Waals surface area contributed by atoms with Gasteiger partial charge in [0, 0.05) is 32.0 Å². The van der Waals surface area contributed by atoms with Gasteiger partial charge in [0.05, 0.1) is 0 Å². The number of hydrogen-bond donors (Lipinski definition) is 1. The standard InChI is InChI=1S/HNO3.Si.W/c2-1(3)4;;/h(H,2,3,4);;. The van der Waals surface area contributed by atoms with E-state index >= 15 is 0 Å². The first-order valence-electron chi connectivity index (χ1n) is 0.565. The van der Waals surface area contributed by atoms with Crippen LogP contribution in [-0.2, 0) is 21.1 Å². The van der Waals surface area contributed by atoms with E-state index in [1.165, 1.54) is 0 Å². The van der Waals surface area contributed by atoms with Gasteiger partial charge in [-0.05, 0) is 0 Å². The molecule has 0 saturated carbocycles.